The Morgan fingerprint density at radius 3 is 2.96 bits per heavy atom. The van der Waals surface area contributed by atoms with E-state index in [2.05, 4.69) is 25.9 Å². The second-order valence-corrected chi connectivity index (χ2v) is 9.70. The van der Waals surface area contributed by atoms with Gasteiger partial charge in [-0.2, -0.15) is 0 Å². The number of hydrogen-bond donors (Lipinski definition) is 1. The minimum absolute atomic E-state index is 0.366. The molecule has 3 heterocycles. The predicted octanol–water partition coefficient (Wildman–Crippen LogP) is 3.84. The molecule has 1 aliphatic heterocycles. The maximum Gasteiger partial charge on any atom is 0.274 e. The average Bonchev–Trinajstić information content (AvgIpc) is 3.12. The van der Waals surface area contributed by atoms with Gasteiger partial charge in [0, 0.05) is 21.5 Å². The third-order valence-corrected chi connectivity index (χ3v) is 8.56. The Hall–Kier alpha value is -1.38. The Labute approximate surface area is 146 Å². The van der Waals surface area contributed by atoms with Gasteiger partial charge in [0.2, 0.25) is 0 Å². The van der Waals surface area contributed by atoms with E-state index in [-0.39, 0.29) is 0 Å². The monoisotopic (exact) mass is 411 g/mol. The van der Waals surface area contributed by atoms with E-state index in [0.717, 1.165) is 40.0 Å². The van der Waals surface area contributed by atoms with Gasteiger partial charge in [-0.25, -0.2) is 13.4 Å². The zero-order valence-electron chi connectivity index (χ0n) is 12.3. The molecule has 5 nitrogen and oxygen atoms in total. The molecule has 23 heavy (non-hydrogen) atoms. The van der Waals surface area contributed by atoms with Crippen LogP contribution in [0.4, 0.5) is 5.69 Å². The minimum Gasteiger partial charge on any atom is -0.345 e. The van der Waals surface area contributed by atoms with Crippen LogP contribution >= 0.6 is 27.3 Å². The first-order valence-corrected chi connectivity index (χ1v) is 10.3. The third-order valence-electron chi connectivity index (χ3n) is 4.03. The van der Waals surface area contributed by atoms with Crippen molar-refractivity contribution in [3.05, 3.63) is 39.4 Å². The Balaban J connectivity index is 1.90. The van der Waals surface area contributed by atoms with Gasteiger partial charge in [0.15, 0.2) is 4.21 Å². The summed E-state index contributed by atoms with van der Waals surface area (Å²) >= 11 is 4.68. The molecule has 120 valence electrons. The van der Waals surface area contributed by atoms with Gasteiger partial charge in [-0.1, -0.05) is 0 Å². The normalized spacial score (nSPS) is 15.1. The molecule has 3 aromatic rings. The number of aromatic nitrogens is 2. The molecule has 2 aromatic heterocycles. The SMILES string of the molecule is Cc1cc(Br)c(S(=O)(=O)N2CCCc3c2ccc2[nH]cnc32)s1. The van der Waals surface area contributed by atoms with Gasteiger partial charge in [-0.15, -0.1) is 11.3 Å². The van der Waals surface area contributed by atoms with Crippen molar-refractivity contribution in [2.75, 3.05) is 10.8 Å². The van der Waals surface area contributed by atoms with E-state index in [4.69, 9.17) is 0 Å². The molecule has 4 rings (SSSR count). The summed E-state index contributed by atoms with van der Waals surface area (Å²) in [5.74, 6) is 0. The highest BCUT2D eigenvalue weighted by Gasteiger charge is 2.32. The zero-order valence-corrected chi connectivity index (χ0v) is 15.6. The summed E-state index contributed by atoms with van der Waals surface area (Å²) in [6, 6.07) is 5.62. The molecule has 0 fully saturated rings. The number of nitrogens with zero attached hydrogens (tertiary/aromatic N) is 2. The van der Waals surface area contributed by atoms with E-state index < -0.39 is 10.0 Å². The van der Waals surface area contributed by atoms with E-state index in [9.17, 15) is 8.42 Å². The standard InChI is InChI=1S/C15H14BrN3O2S2/c1-9-7-11(16)15(22-9)23(20,21)19-6-2-3-10-13(19)5-4-12-14(10)18-8-17-12/h4-5,7-8H,2-3,6H2,1H3,(H,17,18). The number of hydrogen-bond acceptors (Lipinski definition) is 4. The number of sulfonamides is 1. The van der Waals surface area contributed by atoms with E-state index in [1.165, 1.54) is 15.6 Å². The van der Waals surface area contributed by atoms with Crippen LogP contribution in [0.5, 0.6) is 0 Å². The van der Waals surface area contributed by atoms with Gasteiger partial charge in [-0.3, -0.25) is 4.31 Å². The summed E-state index contributed by atoms with van der Waals surface area (Å²) in [5, 5.41) is 0. The van der Waals surface area contributed by atoms with Crippen molar-refractivity contribution in [1.82, 2.24) is 9.97 Å². The summed E-state index contributed by atoms with van der Waals surface area (Å²) in [6.45, 7) is 2.40. The molecule has 1 aromatic carbocycles. The molecular formula is C15H14BrN3O2S2. The van der Waals surface area contributed by atoms with Crippen molar-refractivity contribution in [2.24, 2.45) is 0 Å². The molecule has 0 saturated heterocycles. The summed E-state index contributed by atoms with van der Waals surface area (Å²) in [4.78, 5) is 8.41. The van der Waals surface area contributed by atoms with Crippen molar-refractivity contribution in [2.45, 2.75) is 24.0 Å². The van der Waals surface area contributed by atoms with Crippen LogP contribution in [0.2, 0.25) is 0 Å². The number of nitrogens with one attached hydrogen (secondary N) is 1. The largest absolute Gasteiger partial charge is 0.345 e. The molecule has 1 N–H and O–H groups in total. The maximum absolute atomic E-state index is 13.1. The molecule has 8 heteroatoms. The summed E-state index contributed by atoms with van der Waals surface area (Å²) in [6.07, 6.45) is 3.28. The van der Waals surface area contributed by atoms with Crippen LogP contribution in [-0.4, -0.2) is 24.9 Å². The minimum atomic E-state index is -3.57. The van der Waals surface area contributed by atoms with Crippen molar-refractivity contribution in [1.29, 1.82) is 0 Å². The fourth-order valence-corrected chi connectivity index (χ4v) is 7.41. The average molecular weight is 412 g/mol. The van der Waals surface area contributed by atoms with E-state index >= 15 is 0 Å². The number of aromatic amines is 1. The number of anilines is 1. The van der Waals surface area contributed by atoms with E-state index in [1.54, 1.807) is 6.33 Å². The van der Waals surface area contributed by atoms with Crippen molar-refractivity contribution < 1.29 is 8.42 Å². The Bertz CT molecular complexity index is 1010. The fraction of sp³-hybridized carbons (Fsp3) is 0.267. The van der Waals surface area contributed by atoms with Crippen molar-refractivity contribution >= 4 is 54.0 Å². The van der Waals surface area contributed by atoms with Gasteiger partial charge >= 0.3 is 0 Å². The molecular weight excluding hydrogens is 398 g/mol. The van der Waals surface area contributed by atoms with Crippen molar-refractivity contribution in [3.63, 3.8) is 0 Å². The molecule has 0 saturated carbocycles. The number of benzene rings is 1. The molecule has 0 spiro atoms. The van der Waals surface area contributed by atoms with Gasteiger partial charge in [0.05, 0.1) is 23.0 Å². The highest BCUT2D eigenvalue weighted by molar-refractivity contribution is 9.10. The number of imidazole rings is 1. The molecule has 0 aliphatic carbocycles. The molecule has 0 bridgehead atoms. The first-order valence-electron chi connectivity index (χ1n) is 7.22. The van der Waals surface area contributed by atoms with Crippen LogP contribution in [-0.2, 0) is 16.4 Å². The van der Waals surface area contributed by atoms with E-state index in [1.807, 2.05) is 25.1 Å². The van der Waals surface area contributed by atoms with Crippen LogP contribution in [0, 0.1) is 6.92 Å². The summed E-state index contributed by atoms with van der Waals surface area (Å²) < 4.78 is 28.8. The molecule has 0 atom stereocenters. The second-order valence-electron chi connectivity index (χ2n) is 5.54. The lowest BCUT2D eigenvalue weighted by Gasteiger charge is -2.30. The van der Waals surface area contributed by atoms with Gasteiger partial charge in [0.25, 0.3) is 10.0 Å². The highest BCUT2D eigenvalue weighted by atomic mass is 79.9. The zero-order chi connectivity index (χ0) is 16.2. The molecule has 0 unspecified atom stereocenters. The summed E-state index contributed by atoms with van der Waals surface area (Å²) in [5.41, 5.74) is 3.55. The number of thiophene rings is 1. The fourth-order valence-electron chi connectivity index (χ4n) is 3.04. The number of fused-ring (bicyclic) bond motifs is 3. The van der Waals surface area contributed by atoms with Crippen molar-refractivity contribution in [3.8, 4) is 0 Å². The highest BCUT2D eigenvalue weighted by Crippen LogP contribution is 2.39. The molecule has 0 amide bonds. The van der Waals surface area contributed by atoms with Crippen LogP contribution in [0.15, 0.2) is 33.2 Å². The van der Waals surface area contributed by atoms with Gasteiger partial charge in [-0.05, 0) is 53.9 Å². The number of aryl methyl sites for hydroxylation is 2. The lowest BCUT2D eigenvalue weighted by atomic mass is 10.0. The Morgan fingerprint density at radius 1 is 1.39 bits per heavy atom. The first-order chi connectivity index (χ1) is 11.0. The van der Waals surface area contributed by atoms with Gasteiger partial charge in [0.1, 0.15) is 0 Å². The Kier molecular flexibility index (Phi) is 3.51. The predicted molar refractivity (Wildman–Crippen MR) is 95.7 cm³/mol. The quantitative estimate of drug-likeness (QED) is 0.696. The smallest absolute Gasteiger partial charge is 0.274 e. The van der Waals surface area contributed by atoms with Crippen LogP contribution in [0.1, 0.15) is 16.9 Å². The first kappa shape index (κ1) is 15.2. The Morgan fingerprint density at radius 2 is 2.22 bits per heavy atom. The summed E-state index contributed by atoms with van der Waals surface area (Å²) in [7, 11) is -3.57. The third kappa shape index (κ3) is 2.31. The van der Waals surface area contributed by atoms with E-state index in [0.29, 0.717) is 15.2 Å². The van der Waals surface area contributed by atoms with Crippen LogP contribution in [0.25, 0.3) is 11.0 Å². The van der Waals surface area contributed by atoms with Crippen LogP contribution < -0.4 is 4.31 Å². The molecule has 0 radical (unpaired) electrons. The van der Waals surface area contributed by atoms with Crippen LogP contribution in [0.3, 0.4) is 0 Å². The lowest BCUT2D eigenvalue weighted by molar-refractivity contribution is 0.588. The molecule has 1 aliphatic rings. The lowest BCUT2D eigenvalue weighted by Crippen LogP contribution is -2.35. The topological polar surface area (TPSA) is 66.1 Å². The maximum atomic E-state index is 13.1. The number of rotatable bonds is 2. The number of halogens is 1. The second kappa shape index (κ2) is 5.32. The number of H-pyrrole nitrogens is 1. The van der Waals surface area contributed by atoms with Gasteiger partial charge < -0.3 is 4.98 Å².